The van der Waals surface area contributed by atoms with Crippen LogP contribution in [0.1, 0.15) is 24.0 Å². The molecule has 0 radical (unpaired) electrons. The van der Waals surface area contributed by atoms with E-state index < -0.39 is 27.9 Å². The van der Waals surface area contributed by atoms with Crippen LogP contribution in [0.25, 0.3) is 0 Å². The molecule has 0 N–H and O–H groups in total. The molecule has 1 saturated heterocycles. The molecular weight excluding hydrogens is 364 g/mol. The summed E-state index contributed by atoms with van der Waals surface area (Å²) in [5, 5.41) is 0. The van der Waals surface area contributed by atoms with E-state index >= 15 is 0 Å². The van der Waals surface area contributed by atoms with Gasteiger partial charge in [0.1, 0.15) is 6.04 Å². The number of hydrogen-bond acceptors (Lipinski definition) is 4. The molecule has 0 bridgehead atoms. The van der Waals surface area contributed by atoms with E-state index in [0.29, 0.717) is 5.69 Å². The van der Waals surface area contributed by atoms with Crippen molar-refractivity contribution in [2.75, 3.05) is 11.9 Å². The van der Waals surface area contributed by atoms with Gasteiger partial charge in [0.25, 0.3) is 15.9 Å². The average Bonchev–Trinajstić information content (AvgIpc) is 3.04. The summed E-state index contributed by atoms with van der Waals surface area (Å²) >= 11 is 0. The standard InChI is InChI=1S/C20H22N2O4S/c1-14-4-8-16(9-5-14)21(3)20(24)18-12-13-19(23)22(18)27(25,26)17-10-6-15(2)7-11-17/h4-11,18H,12-13H2,1-3H3/t18-/m0/s1. The Morgan fingerprint density at radius 2 is 1.52 bits per heavy atom. The van der Waals surface area contributed by atoms with E-state index in [1.54, 1.807) is 31.3 Å². The van der Waals surface area contributed by atoms with Gasteiger partial charge in [-0.3, -0.25) is 9.59 Å². The van der Waals surface area contributed by atoms with Crippen molar-refractivity contribution in [3.05, 3.63) is 59.7 Å². The highest BCUT2D eigenvalue weighted by Crippen LogP contribution is 2.29. The minimum absolute atomic E-state index is 0.0131. The maximum absolute atomic E-state index is 13.0. The Morgan fingerprint density at radius 1 is 1.00 bits per heavy atom. The van der Waals surface area contributed by atoms with E-state index in [-0.39, 0.29) is 17.7 Å². The van der Waals surface area contributed by atoms with Crippen LogP contribution >= 0.6 is 0 Å². The summed E-state index contributed by atoms with van der Waals surface area (Å²) in [5.41, 5.74) is 2.62. The molecule has 3 rings (SSSR count). The first-order chi connectivity index (χ1) is 12.7. The average molecular weight is 386 g/mol. The number of carbonyl (C=O) groups is 2. The smallest absolute Gasteiger partial charge is 0.267 e. The molecule has 2 aromatic carbocycles. The minimum Gasteiger partial charge on any atom is -0.314 e. The van der Waals surface area contributed by atoms with E-state index in [1.807, 2.05) is 26.0 Å². The van der Waals surface area contributed by atoms with Crippen molar-refractivity contribution < 1.29 is 18.0 Å². The third-order valence-corrected chi connectivity index (χ3v) is 6.62. The lowest BCUT2D eigenvalue weighted by Crippen LogP contribution is -2.48. The number of anilines is 1. The second kappa shape index (κ2) is 7.15. The van der Waals surface area contributed by atoms with Gasteiger partial charge in [-0.1, -0.05) is 35.4 Å². The highest BCUT2D eigenvalue weighted by molar-refractivity contribution is 7.89. The molecule has 0 spiro atoms. The summed E-state index contributed by atoms with van der Waals surface area (Å²) in [6, 6.07) is 12.6. The molecule has 1 aliphatic heterocycles. The zero-order valence-corrected chi connectivity index (χ0v) is 16.4. The van der Waals surface area contributed by atoms with Crippen LogP contribution in [0.2, 0.25) is 0 Å². The van der Waals surface area contributed by atoms with Gasteiger partial charge in [0.2, 0.25) is 5.91 Å². The zero-order valence-electron chi connectivity index (χ0n) is 15.5. The number of rotatable bonds is 4. The van der Waals surface area contributed by atoms with Crippen molar-refractivity contribution in [1.29, 1.82) is 0 Å². The Labute approximate surface area is 159 Å². The summed E-state index contributed by atoms with van der Waals surface area (Å²) in [6.45, 7) is 3.79. The fourth-order valence-electron chi connectivity index (χ4n) is 3.13. The monoisotopic (exact) mass is 386 g/mol. The molecule has 0 saturated carbocycles. The molecule has 27 heavy (non-hydrogen) atoms. The number of amides is 2. The third kappa shape index (κ3) is 3.60. The predicted octanol–water partition coefficient (Wildman–Crippen LogP) is 2.65. The molecule has 1 fully saturated rings. The fourth-order valence-corrected chi connectivity index (χ4v) is 4.73. The molecule has 0 aromatic heterocycles. The first-order valence-electron chi connectivity index (χ1n) is 8.70. The summed E-state index contributed by atoms with van der Waals surface area (Å²) < 4.78 is 26.8. The maximum Gasteiger partial charge on any atom is 0.267 e. The molecule has 0 unspecified atom stereocenters. The Morgan fingerprint density at radius 3 is 2.07 bits per heavy atom. The van der Waals surface area contributed by atoms with E-state index in [9.17, 15) is 18.0 Å². The molecule has 1 aliphatic rings. The number of sulfonamides is 1. The SMILES string of the molecule is Cc1ccc(N(C)C(=O)[C@@H]2CCC(=O)N2S(=O)(=O)c2ccc(C)cc2)cc1. The van der Waals surface area contributed by atoms with Crippen LogP contribution in [0.15, 0.2) is 53.4 Å². The number of aryl methyl sites for hydroxylation is 2. The zero-order chi connectivity index (χ0) is 19.8. The van der Waals surface area contributed by atoms with Gasteiger partial charge in [0, 0.05) is 19.2 Å². The minimum atomic E-state index is -4.08. The molecule has 0 aliphatic carbocycles. The van der Waals surface area contributed by atoms with Gasteiger partial charge in [-0.15, -0.1) is 0 Å². The van der Waals surface area contributed by atoms with Gasteiger partial charge in [-0.2, -0.15) is 0 Å². The Kier molecular flexibility index (Phi) is 5.06. The molecule has 6 nitrogen and oxygen atoms in total. The predicted molar refractivity (Wildman–Crippen MR) is 103 cm³/mol. The van der Waals surface area contributed by atoms with Gasteiger partial charge >= 0.3 is 0 Å². The van der Waals surface area contributed by atoms with Gasteiger partial charge in [-0.25, -0.2) is 12.7 Å². The van der Waals surface area contributed by atoms with Crippen LogP contribution in [-0.4, -0.2) is 37.6 Å². The normalized spacial score (nSPS) is 17.2. The Balaban J connectivity index is 1.92. The largest absolute Gasteiger partial charge is 0.314 e. The second-order valence-corrected chi connectivity index (χ2v) is 8.61. The van der Waals surface area contributed by atoms with E-state index in [1.165, 1.54) is 17.0 Å². The third-order valence-electron chi connectivity index (χ3n) is 4.78. The van der Waals surface area contributed by atoms with Gasteiger partial charge in [-0.05, 0) is 44.5 Å². The Bertz CT molecular complexity index is 966. The lowest BCUT2D eigenvalue weighted by Gasteiger charge is -2.27. The molecule has 7 heteroatoms. The van der Waals surface area contributed by atoms with Gasteiger partial charge in [0.15, 0.2) is 0 Å². The van der Waals surface area contributed by atoms with Crippen molar-refractivity contribution in [1.82, 2.24) is 4.31 Å². The lowest BCUT2D eigenvalue weighted by atomic mass is 10.1. The van der Waals surface area contributed by atoms with Crippen LogP contribution in [0.5, 0.6) is 0 Å². The Hall–Kier alpha value is -2.67. The van der Waals surface area contributed by atoms with E-state index in [2.05, 4.69) is 0 Å². The van der Waals surface area contributed by atoms with E-state index in [4.69, 9.17) is 0 Å². The van der Waals surface area contributed by atoms with Crippen LogP contribution in [0, 0.1) is 13.8 Å². The van der Waals surface area contributed by atoms with E-state index in [0.717, 1.165) is 15.4 Å². The van der Waals surface area contributed by atoms with Gasteiger partial charge < -0.3 is 4.90 Å². The van der Waals surface area contributed by atoms with Crippen LogP contribution in [0.4, 0.5) is 5.69 Å². The molecule has 2 aromatic rings. The van der Waals surface area contributed by atoms with Crippen molar-refractivity contribution in [3.63, 3.8) is 0 Å². The summed E-state index contributed by atoms with van der Waals surface area (Å²) in [5.74, 6) is -0.966. The number of benzene rings is 2. The first-order valence-corrected chi connectivity index (χ1v) is 10.1. The maximum atomic E-state index is 13.0. The molecule has 1 atom stereocenters. The number of carbonyl (C=O) groups excluding carboxylic acids is 2. The highest BCUT2D eigenvalue weighted by atomic mass is 32.2. The van der Waals surface area contributed by atoms with Crippen LogP contribution in [0.3, 0.4) is 0 Å². The van der Waals surface area contributed by atoms with Crippen molar-refractivity contribution >= 4 is 27.5 Å². The number of likely N-dealkylation sites (N-methyl/N-ethyl adjacent to an activating group) is 1. The summed E-state index contributed by atoms with van der Waals surface area (Å²) in [6.07, 6.45) is 0.211. The van der Waals surface area contributed by atoms with Gasteiger partial charge in [0.05, 0.1) is 4.90 Å². The van der Waals surface area contributed by atoms with Crippen molar-refractivity contribution in [3.8, 4) is 0 Å². The lowest BCUT2D eigenvalue weighted by molar-refractivity contribution is -0.129. The fraction of sp³-hybridized carbons (Fsp3) is 0.300. The number of hydrogen-bond donors (Lipinski definition) is 0. The van der Waals surface area contributed by atoms with Crippen molar-refractivity contribution in [2.45, 2.75) is 37.6 Å². The molecule has 2 amide bonds. The summed E-state index contributed by atoms with van der Waals surface area (Å²) in [7, 11) is -2.50. The quantitative estimate of drug-likeness (QED) is 0.810. The summed E-state index contributed by atoms with van der Waals surface area (Å²) in [4.78, 5) is 26.8. The topological polar surface area (TPSA) is 74.8 Å². The molecule has 1 heterocycles. The molecule has 142 valence electrons. The van der Waals surface area contributed by atoms with Crippen molar-refractivity contribution in [2.24, 2.45) is 0 Å². The first kappa shape index (κ1) is 19.1. The number of nitrogens with zero attached hydrogens (tertiary/aromatic N) is 2. The highest BCUT2D eigenvalue weighted by Gasteiger charge is 2.45. The van der Waals surface area contributed by atoms with Crippen LogP contribution in [-0.2, 0) is 19.6 Å². The second-order valence-electron chi connectivity index (χ2n) is 6.79. The van der Waals surface area contributed by atoms with Crippen LogP contribution < -0.4 is 4.90 Å². The molecular formula is C20H22N2O4S.